The van der Waals surface area contributed by atoms with Crippen LogP contribution in [0.25, 0.3) is 10.8 Å². The Morgan fingerprint density at radius 3 is 2.17 bits per heavy atom. The summed E-state index contributed by atoms with van der Waals surface area (Å²) in [5.41, 5.74) is 1.35. The Morgan fingerprint density at radius 1 is 0.957 bits per heavy atom. The van der Waals surface area contributed by atoms with Gasteiger partial charge < -0.3 is 9.16 Å². The van der Waals surface area contributed by atoms with Crippen LogP contribution >= 0.6 is 0 Å². The van der Waals surface area contributed by atoms with Crippen LogP contribution in [0.15, 0.2) is 36.4 Å². The lowest BCUT2D eigenvalue weighted by Crippen LogP contribution is -2.27. The van der Waals surface area contributed by atoms with Crippen molar-refractivity contribution in [1.82, 2.24) is 0 Å². The van der Waals surface area contributed by atoms with Crippen molar-refractivity contribution in [3.05, 3.63) is 47.5 Å². The number of rotatable bonds is 4. The first-order valence-corrected chi connectivity index (χ1v) is 8.61. The van der Waals surface area contributed by atoms with E-state index in [9.17, 15) is 4.79 Å². The Labute approximate surface area is 140 Å². The number of methoxy groups -OCH3 is 1. The molecule has 23 heavy (non-hydrogen) atoms. The summed E-state index contributed by atoms with van der Waals surface area (Å²) < 4.78 is 10.9. The lowest BCUT2D eigenvalue weighted by molar-refractivity contribution is 0.0601. The van der Waals surface area contributed by atoms with Gasteiger partial charge in [-0.3, -0.25) is 0 Å². The molecule has 0 aromatic heterocycles. The minimum absolute atomic E-state index is 0.156. The number of fused-ring (bicyclic) bond motifs is 1. The molecule has 122 valence electrons. The highest BCUT2D eigenvalue weighted by atomic mass is 28.2. The second-order valence-electron chi connectivity index (χ2n) is 7.23. The highest BCUT2D eigenvalue weighted by Crippen LogP contribution is 2.31. The summed E-state index contributed by atoms with van der Waals surface area (Å²) in [4.78, 5) is 11.6. The third kappa shape index (κ3) is 4.42. The van der Waals surface area contributed by atoms with Gasteiger partial charge in [-0.05, 0) is 53.4 Å². The first-order chi connectivity index (χ1) is 10.6. The number of carbonyl (C=O) groups is 1. The molecule has 2 radical (unpaired) electrons. The van der Waals surface area contributed by atoms with Gasteiger partial charge in [0.1, 0.15) is 0 Å². The van der Waals surface area contributed by atoms with Gasteiger partial charge in [0.15, 0.2) is 0 Å². The topological polar surface area (TPSA) is 35.5 Å². The second-order valence-corrected chi connectivity index (χ2v) is 9.14. The van der Waals surface area contributed by atoms with E-state index in [2.05, 4.69) is 46.8 Å². The number of hydrogen-bond acceptors (Lipinski definition) is 3. The average Bonchev–Trinajstić information content (AvgIpc) is 2.50. The lowest BCUT2D eigenvalue weighted by Gasteiger charge is -2.30. The van der Waals surface area contributed by atoms with Crippen molar-refractivity contribution in [3.63, 3.8) is 0 Å². The minimum Gasteiger partial charge on any atom is -0.465 e. The van der Waals surface area contributed by atoms with Gasteiger partial charge in [-0.1, -0.05) is 39.0 Å². The van der Waals surface area contributed by atoms with Crippen molar-refractivity contribution >= 4 is 26.5 Å². The predicted octanol–water partition coefficient (Wildman–Crippen LogP) is 4.72. The van der Waals surface area contributed by atoms with E-state index in [0.717, 1.165) is 16.3 Å². The van der Waals surface area contributed by atoms with E-state index in [0.29, 0.717) is 15.3 Å². The smallest absolute Gasteiger partial charge is 0.337 e. The van der Waals surface area contributed by atoms with Crippen molar-refractivity contribution in [1.29, 1.82) is 0 Å². The van der Waals surface area contributed by atoms with Gasteiger partial charge in [0.05, 0.1) is 18.3 Å². The van der Waals surface area contributed by atoms with Crippen LogP contribution < -0.4 is 0 Å². The highest BCUT2D eigenvalue weighted by molar-refractivity contribution is 6.31. The van der Waals surface area contributed by atoms with Crippen LogP contribution in [0.3, 0.4) is 0 Å². The zero-order valence-electron chi connectivity index (χ0n) is 14.7. The van der Waals surface area contributed by atoms with E-state index < -0.39 is 0 Å². The number of benzene rings is 2. The lowest BCUT2D eigenvalue weighted by atomic mass is 9.95. The SMILES string of the molecule is COC(=O)c1ccc2cc(C(C)(C)O[Si]C(C)(C)C)ccc2c1. The molecule has 0 aliphatic heterocycles. The molecule has 0 aliphatic carbocycles. The average molecular weight is 328 g/mol. The summed E-state index contributed by atoms with van der Waals surface area (Å²) in [6, 6.07) is 11.8. The van der Waals surface area contributed by atoms with Crippen LogP contribution in [-0.4, -0.2) is 22.8 Å². The normalized spacial score (nSPS) is 12.4. The largest absolute Gasteiger partial charge is 0.465 e. The first kappa shape index (κ1) is 17.7. The molecule has 0 spiro atoms. The monoisotopic (exact) mass is 328 g/mol. The van der Waals surface area contributed by atoms with Crippen molar-refractivity contribution in [2.45, 2.75) is 45.3 Å². The Morgan fingerprint density at radius 2 is 1.57 bits per heavy atom. The van der Waals surface area contributed by atoms with Gasteiger partial charge in [-0.25, -0.2) is 4.79 Å². The zero-order chi connectivity index (χ0) is 17.3. The maximum absolute atomic E-state index is 11.6. The summed E-state index contributed by atoms with van der Waals surface area (Å²) in [7, 11) is 1.82. The van der Waals surface area contributed by atoms with Gasteiger partial charge in [-0.2, -0.15) is 0 Å². The Bertz CT molecular complexity index is 714. The molecule has 0 N–H and O–H groups in total. The van der Waals surface area contributed by atoms with Crippen LogP contribution in [0.5, 0.6) is 0 Å². The molecule has 0 unspecified atom stereocenters. The van der Waals surface area contributed by atoms with Crippen LogP contribution in [0.4, 0.5) is 0 Å². The Balaban J connectivity index is 2.31. The molecule has 0 saturated heterocycles. The van der Waals surface area contributed by atoms with E-state index in [4.69, 9.17) is 9.16 Å². The fourth-order valence-electron chi connectivity index (χ4n) is 2.20. The molecular weight excluding hydrogens is 304 g/mol. The zero-order valence-corrected chi connectivity index (χ0v) is 15.7. The third-order valence-corrected chi connectivity index (χ3v) is 4.79. The third-order valence-electron chi connectivity index (χ3n) is 3.57. The van der Waals surface area contributed by atoms with Gasteiger partial charge >= 0.3 is 5.97 Å². The van der Waals surface area contributed by atoms with Crippen molar-refractivity contribution in [2.75, 3.05) is 7.11 Å². The van der Waals surface area contributed by atoms with Crippen LogP contribution in [-0.2, 0) is 14.8 Å². The molecule has 4 heteroatoms. The van der Waals surface area contributed by atoms with E-state index in [1.807, 2.05) is 18.2 Å². The fraction of sp³-hybridized carbons (Fsp3) is 0.421. The van der Waals surface area contributed by atoms with Gasteiger partial charge in [-0.15, -0.1) is 0 Å². The molecule has 0 aliphatic rings. The standard InChI is InChI=1S/C19H24O3Si/c1-18(2,3)23-22-19(4,5)16-10-9-13-11-15(17(20)21-6)8-7-14(13)12-16/h7-12H,1-6H3. The molecule has 3 nitrogen and oxygen atoms in total. The summed E-state index contributed by atoms with van der Waals surface area (Å²) in [5.74, 6) is -0.314. The molecule has 2 rings (SSSR count). The summed E-state index contributed by atoms with van der Waals surface area (Å²) in [6.07, 6.45) is 0. The van der Waals surface area contributed by atoms with Crippen molar-refractivity contribution < 1.29 is 14.0 Å². The van der Waals surface area contributed by atoms with Crippen LogP contribution in [0.1, 0.15) is 50.5 Å². The maximum Gasteiger partial charge on any atom is 0.337 e. The van der Waals surface area contributed by atoms with E-state index in [1.165, 1.54) is 7.11 Å². The first-order valence-electron chi connectivity index (χ1n) is 7.70. The molecule has 2 aromatic carbocycles. The fourth-order valence-corrected chi connectivity index (χ4v) is 2.88. The molecule has 0 heterocycles. The van der Waals surface area contributed by atoms with Crippen LogP contribution in [0, 0.1) is 0 Å². The molecule has 0 fully saturated rings. The Kier molecular flexibility index (Phi) is 4.97. The number of hydrogen-bond donors (Lipinski definition) is 0. The number of carbonyl (C=O) groups excluding carboxylic acids is 1. The molecule has 0 amide bonds. The summed E-state index contributed by atoms with van der Waals surface area (Å²) >= 11 is 0. The van der Waals surface area contributed by atoms with Gasteiger partial charge in [0, 0.05) is 0 Å². The summed E-state index contributed by atoms with van der Waals surface area (Å²) in [6.45, 7) is 10.7. The van der Waals surface area contributed by atoms with Crippen molar-refractivity contribution in [2.24, 2.45) is 0 Å². The van der Waals surface area contributed by atoms with Crippen LogP contribution in [0.2, 0.25) is 5.04 Å². The second kappa shape index (κ2) is 6.46. The quantitative estimate of drug-likeness (QED) is 0.602. The Hall–Kier alpha value is -1.65. The number of esters is 1. The van der Waals surface area contributed by atoms with Gasteiger partial charge in [0.2, 0.25) is 9.76 Å². The van der Waals surface area contributed by atoms with Gasteiger partial charge in [0.25, 0.3) is 0 Å². The predicted molar refractivity (Wildman–Crippen MR) is 94.9 cm³/mol. The molecule has 0 atom stereocenters. The molecule has 0 bridgehead atoms. The molecular formula is C19H24O3Si. The molecule has 2 aromatic rings. The maximum atomic E-state index is 11.6. The van der Waals surface area contributed by atoms with E-state index >= 15 is 0 Å². The summed E-state index contributed by atoms with van der Waals surface area (Å²) in [5, 5.41) is 2.26. The highest BCUT2D eigenvalue weighted by Gasteiger charge is 2.25. The van der Waals surface area contributed by atoms with E-state index in [-0.39, 0.29) is 16.6 Å². The molecule has 0 saturated carbocycles. The van der Waals surface area contributed by atoms with Crippen molar-refractivity contribution in [3.8, 4) is 0 Å². The minimum atomic E-state index is -0.346. The van der Waals surface area contributed by atoms with E-state index in [1.54, 1.807) is 6.07 Å². The number of ether oxygens (including phenoxy) is 1.